The van der Waals surface area contributed by atoms with Crippen LogP contribution in [-0.2, 0) is 11.2 Å². The van der Waals surface area contributed by atoms with E-state index in [2.05, 4.69) is 17.2 Å². The van der Waals surface area contributed by atoms with Gasteiger partial charge in [0.2, 0.25) is 0 Å². The molecule has 6 nitrogen and oxygen atoms in total. The lowest BCUT2D eigenvalue weighted by atomic mass is 10.1. The van der Waals surface area contributed by atoms with Crippen LogP contribution in [0.1, 0.15) is 32.7 Å². The highest BCUT2D eigenvalue weighted by molar-refractivity contribution is 6.09. The molecule has 2 rings (SSSR count). The van der Waals surface area contributed by atoms with Gasteiger partial charge in [-0.15, -0.1) is 6.58 Å². The Labute approximate surface area is 165 Å². The molecular formula is C22H26N2O4. The molecule has 0 fully saturated rings. The molecule has 0 atom stereocenters. The third kappa shape index (κ3) is 5.69. The number of benzene rings is 2. The maximum atomic E-state index is 12.7. The SMILES string of the molecule is C=CCc1cc(C(=O)Nc2ccccc2C(=O)NCCCOC)ccc1OC. The van der Waals surface area contributed by atoms with Crippen molar-refractivity contribution in [2.24, 2.45) is 0 Å². The highest BCUT2D eigenvalue weighted by Crippen LogP contribution is 2.22. The quantitative estimate of drug-likeness (QED) is 0.487. The minimum atomic E-state index is -0.299. The van der Waals surface area contributed by atoms with E-state index in [1.54, 1.807) is 62.8 Å². The molecule has 2 aromatic rings. The van der Waals surface area contributed by atoms with E-state index in [0.717, 1.165) is 5.56 Å². The van der Waals surface area contributed by atoms with Crippen LogP contribution in [0.5, 0.6) is 5.75 Å². The first-order valence-electron chi connectivity index (χ1n) is 9.06. The highest BCUT2D eigenvalue weighted by Gasteiger charge is 2.15. The summed E-state index contributed by atoms with van der Waals surface area (Å²) >= 11 is 0. The normalized spacial score (nSPS) is 10.2. The van der Waals surface area contributed by atoms with Crippen molar-refractivity contribution in [2.45, 2.75) is 12.8 Å². The summed E-state index contributed by atoms with van der Waals surface area (Å²) in [4.78, 5) is 25.2. The van der Waals surface area contributed by atoms with Crippen LogP contribution >= 0.6 is 0 Å². The number of para-hydroxylation sites is 1. The van der Waals surface area contributed by atoms with Crippen LogP contribution in [0.4, 0.5) is 5.69 Å². The van der Waals surface area contributed by atoms with Crippen molar-refractivity contribution in [1.29, 1.82) is 0 Å². The maximum absolute atomic E-state index is 12.7. The van der Waals surface area contributed by atoms with Gasteiger partial charge in [-0.1, -0.05) is 18.2 Å². The zero-order valence-electron chi connectivity index (χ0n) is 16.3. The number of rotatable bonds is 10. The number of ether oxygens (including phenoxy) is 2. The Hall–Kier alpha value is -3.12. The molecule has 6 heteroatoms. The second-order valence-electron chi connectivity index (χ2n) is 6.12. The van der Waals surface area contributed by atoms with E-state index in [-0.39, 0.29) is 11.8 Å². The fraction of sp³-hybridized carbons (Fsp3) is 0.273. The monoisotopic (exact) mass is 382 g/mol. The third-order valence-corrected chi connectivity index (χ3v) is 4.14. The molecule has 0 unspecified atom stereocenters. The minimum absolute atomic E-state index is 0.242. The molecule has 2 aromatic carbocycles. The highest BCUT2D eigenvalue weighted by atomic mass is 16.5. The van der Waals surface area contributed by atoms with Crippen LogP contribution in [-0.4, -0.2) is 39.2 Å². The molecule has 0 heterocycles. The van der Waals surface area contributed by atoms with Gasteiger partial charge in [-0.05, 0) is 48.7 Å². The standard InChI is InChI=1S/C22H26N2O4/c1-4-8-16-15-17(11-12-20(16)28-3)21(25)24-19-10-6-5-9-18(19)22(26)23-13-7-14-27-2/h4-6,9-12,15H,1,7-8,13-14H2,2-3H3,(H,23,26)(H,24,25). The minimum Gasteiger partial charge on any atom is -0.496 e. The fourth-order valence-electron chi connectivity index (χ4n) is 2.73. The maximum Gasteiger partial charge on any atom is 0.255 e. The molecular weight excluding hydrogens is 356 g/mol. The summed E-state index contributed by atoms with van der Waals surface area (Å²) in [6.45, 7) is 4.80. The van der Waals surface area contributed by atoms with Crippen molar-refractivity contribution < 1.29 is 19.1 Å². The van der Waals surface area contributed by atoms with Gasteiger partial charge >= 0.3 is 0 Å². The summed E-state index contributed by atoms with van der Waals surface area (Å²) in [6, 6.07) is 12.1. The van der Waals surface area contributed by atoms with E-state index in [9.17, 15) is 9.59 Å². The van der Waals surface area contributed by atoms with Crippen LogP contribution in [0.2, 0.25) is 0 Å². The van der Waals surface area contributed by atoms with E-state index >= 15 is 0 Å². The van der Waals surface area contributed by atoms with Crippen molar-refractivity contribution >= 4 is 17.5 Å². The largest absolute Gasteiger partial charge is 0.496 e. The van der Waals surface area contributed by atoms with Crippen LogP contribution < -0.4 is 15.4 Å². The molecule has 0 aliphatic heterocycles. The lowest BCUT2D eigenvalue weighted by Gasteiger charge is -2.13. The average molecular weight is 382 g/mol. The van der Waals surface area contributed by atoms with E-state index in [1.165, 1.54) is 0 Å². The number of methoxy groups -OCH3 is 2. The van der Waals surface area contributed by atoms with Crippen molar-refractivity contribution in [3.63, 3.8) is 0 Å². The van der Waals surface area contributed by atoms with Gasteiger partial charge in [0.15, 0.2) is 0 Å². The van der Waals surface area contributed by atoms with E-state index in [0.29, 0.717) is 48.6 Å². The lowest BCUT2D eigenvalue weighted by molar-refractivity contribution is 0.0949. The summed E-state index contributed by atoms with van der Waals surface area (Å²) in [5.74, 6) is 0.161. The molecule has 28 heavy (non-hydrogen) atoms. The Balaban J connectivity index is 2.15. The van der Waals surface area contributed by atoms with Crippen molar-refractivity contribution in [3.05, 3.63) is 71.8 Å². The predicted molar refractivity (Wildman–Crippen MR) is 110 cm³/mol. The molecule has 0 saturated heterocycles. The molecule has 0 aliphatic carbocycles. The second kappa shape index (κ2) is 10.9. The Morgan fingerprint density at radius 3 is 2.61 bits per heavy atom. The number of amides is 2. The summed E-state index contributed by atoms with van der Waals surface area (Å²) in [5.41, 5.74) is 2.22. The third-order valence-electron chi connectivity index (χ3n) is 4.14. The number of hydrogen-bond donors (Lipinski definition) is 2. The average Bonchev–Trinajstić information content (AvgIpc) is 2.71. The smallest absolute Gasteiger partial charge is 0.255 e. The van der Waals surface area contributed by atoms with Gasteiger partial charge in [-0.3, -0.25) is 9.59 Å². The Bertz CT molecular complexity index is 833. The number of carbonyl (C=O) groups is 2. The first-order valence-corrected chi connectivity index (χ1v) is 9.06. The fourth-order valence-corrected chi connectivity index (χ4v) is 2.73. The number of hydrogen-bond acceptors (Lipinski definition) is 4. The first-order chi connectivity index (χ1) is 13.6. The van der Waals surface area contributed by atoms with Crippen LogP contribution in [0.15, 0.2) is 55.1 Å². The Kier molecular flexibility index (Phi) is 8.24. The topological polar surface area (TPSA) is 76.7 Å². The van der Waals surface area contributed by atoms with Gasteiger partial charge in [0.25, 0.3) is 11.8 Å². The molecule has 0 aromatic heterocycles. The number of allylic oxidation sites excluding steroid dienone is 1. The van der Waals surface area contributed by atoms with Gasteiger partial charge in [0.05, 0.1) is 18.4 Å². The Morgan fingerprint density at radius 2 is 1.89 bits per heavy atom. The molecule has 0 bridgehead atoms. The summed E-state index contributed by atoms with van der Waals surface area (Å²) < 4.78 is 10.3. The number of anilines is 1. The molecule has 0 radical (unpaired) electrons. The van der Waals surface area contributed by atoms with Gasteiger partial charge in [-0.25, -0.2) is 0 Å². The zero-order valence-corrected chi connectivity index (χ0v) is 16.3. The van der Waals surface area contributed by atoms with Gasteiger partial charge in [0.1, 0.15) is 5.75 Å². The molecule has 2 N–H and O–H groups in total. The molecule has 0 aliphatic rings. The zero-order chi connectivity index (χ0) is 20.4. The molecule has 0 saturated carbocycles. The Morgan fingerprint density at radius 1 is 1.11 bits per heavy atom. The molecule has 2 amide bonds. The van der Waals surface area contributed by atoms with E-state index in [1.807, 2.05) is 0 Å². The van der Waals surface area contributed by atoms with Crippen molar-refractivity contribution in [3.8, 4) is 5.75 Å². The van der Waals surface area contributed by atoms with Crippen LogP contribution in [0.25, 0.3) is 0 Å². The van der Waals surface area contributed by atoms with Crippen molar-refractivity contribution in [1.82, 2.24) is 5.32 Å². The summed E-state index contributed by atoms with van der Waals surface area (Å²) in [6.07, 6.45) is 3.06. The van der Waals surface area contributed by atoms with Gasteiger partial charge in [-0.2, -0.15) is 0 Å². The predicted octanol–water partition coefficient (Wildman–Crippen LogP) is 3.44. The molecule has 148 valence electrons. The van der Waals surface area contributed by atoms with E-state index < -0.39 is 0 Å². The second-order valence-corrected chi connectivity index (χ2v) is 6.12. The summed E-state index contributed by atoms with van der Waals surface area (Å²) in [5, 5.41) is 5.66. The number of carbonyl (C=O) groups excluding carboxylic acids is 2. The van der Waals surface area contributed by atoms with Gasteiger partial charge in [0, 0.05) is 25.8 Å². The molecule has 0 spiro atoms. The van der Waals surface area contributed by atoms with Gasteiger partial charge < -0.3 is 20.1 Å². The van der Waals surface area contributed by atoms with Crippen LogP contribution in [0.3, 0.4) is 0 Å². The van der Waals surface area contributed by atoms with Crippen molar-refractivity contribution in [2.75, 3.05) is 32.7 Å². The summed E-state index contributed by atoms with van der Waals surface area (Å²) in [7, 11) is 3.20. The van der Waals surface area contributed by atoms with Crippen LogP contribution in [0, 0.1) is 0 Å². The lowest BCUT2D eigenvalue weighted by Crippen LogP contribution is -2.26. The van der Waals surface area contributed by atoms with E-state index in [4.69, 9.17) is 9.47 Å². The number of nitrogens with one attached hydrogen (secondary N) is 2. The first kappa shape index (κ1) is 21.2.